The van der Waals surface area contributed by atoms with Crippen molar-refractivity contribution in [3.05, 3.63) is 0 Å². The van der Waals surface area contributed by atoms with Crippen molar-refractivity contribution in [1.29, 1.82) is 0 Å². The standard InChI is InChI=1S/C14H30N2O/c1-14(2,3)12-5-4-8-16(9-6-12)11-13(15)7-10-17/h12-13,17H,4-11,15H2,1-3H3. The van der Waals surface area contributed by atoms with E-state index in [9.17, 15) is 0 Å². The maximum atomic E-state index is 8.87. The summed E-state index contributed by atoms with van der Waals surface area (Å²) in [7, 11) is 0. The minimum Gasteiger partial charge on any atom is -0.396 e. The molecule has 3 N–H and O–H groups in total. The number of nitrogens with zero attached hydrogens (tertiary/aromatic N) is 1. The SMILES string of the molecule is CC(C)(C)C1CCCN(CC(N)CCO)CC1. The van der Waals surface area contributed by atoms with Crippen LogP contribution in [0.25, 0.3) is 0 Å². The van der Waals surface area contributed by atoms with Crippen molar-refractivity contribution >= 4 is 0 Å². The summed E-state index contributed by atoms with van der Waals surface area (Å²) in [5.74, 6) is 0.835. The van der Waals surface area contributed by atoms with E-state index in [1.165, 1.54) is 32.4 Å². The van der Waals surface area contributed by atoms with Gasteiger partial charge in [-0.1, -0.05) is 20.8 Å². The van der Waals surface area contributed by atoms with Gasteiger partial charge in [0.1, 0.15) is 0 Å². The lowest BCUT2D eigenvalue weighted by molar-refractivity contribution is 0.200. The molecule has 17 heavy (non-hydrogen) atoms. The van der Waals surface area contributed by atoms with Gasteiger partial charge >= 0.3 is 0 Å². The molecule has 0 aromatic rings. The van der Waals surface area contributed by atoms with Gasteiger partial charge < -0.3 is 15.7 Å². The topological polar surface area (TPSA) is 49.5 Å². The van der Waals surface area contributed by atoms with Crippen LogP contribution in [-0.4, -0.2) is 42.3 Å². The molecule has 1 rings (SSSR count). The first kappa shape index (κ1) is 14.9. The van der Waals surface area contributed by atoms with Crippen LogP contribution < -0.4 is 5.73 Å². The fourth-order valence-electron chi connectivity index (χ4n) is 2.79. The summed E-state index contributed by atoms with van der Waals surface area (Å²) in [6.07, 6.45) is 4.64. The molecular formula is C14H30N2O. The van der Waals surface area contributed by atoms with Crippen molar-refractivity contribution in [2.24, 2.45) is 17.1 Å². The van der Waals surface area contributed by atoms with Crippen LogP contribution in [0.15, 0.2) is 0 Å². The molecule has 0 aliphatic carbocycles. The van der Waals surface area contributed by atoms with E-state index < -0.39 is 0 Å². The predicted octanol–water partition coefficient (Wildman–Crippen LogP) is 1.84. The van der Waals surface area contributed by atoms with Crippen LogP contribution in [0.4, 0.5) is 0 Å². The Labute approximate surface area is 106 Å². The molecule has 1 saturated heterocycles. The second kappa shape index (κ2) is 6.72. The fraction of sp³-hybridized carbons (Fsp3) is 1.00. The maximum Gasteiger partial charge on any atom is 0.0446 e. The molecule has 1 aliphatic rings. The first-order valence-corrected chi connectivity index (χ1v) is 7.02. The highest BCUT2D eigenvalue weighted by atomic mass is 16.3. The van der Waals surface area contributed by atoms with Crippen LogP contribution in [0.2, 0.25) is 0 Å². The van der Waals surface area contributed by atoms with Crippen LogP contribution in [-0.2, 0) is 0 Å². The quantitative estimate of drug-likeness (QED) is 0.791. The zero-order valence-electron chi connectivity index (χ0n) is 11.8. The zero-order valence-corrected chi connectivity index (χ0v) is 11.8. The van der Waals surface area contributed by atoms with Crippen LogP contribution in [0.3, 0.4) is 0 Å². The summed E-state index contributed by atoms with van der Waals surface area (Å²) in [6.45, 7) is 10.5. The maximum absolute atomic E-state index is 8.87. The number of hydrogen-bond acceptors (Lipinski definition) is 3. The zero-order chi connectivity index (χ0) is 12.9. The molecule has 2 atom stereocenters. The number of aliphatic hydroxyl groups excluding tert-OH is 1. The van der Waals surface area contributed by atoms with Crippen LogP contribution in [0, 0.1) is 11.3 Å². The Bertz CT molecular complexity index is 213. The van der Waals surface area contributed by atoms with E-state index in [0.717, 1.165) is 18.9 Å². The van der Waals surface area contributed by atoms with Crippen molar-refractivity contribution in [2.45, 2.75) is 52.5 Å². The molecule has 3 nitrogen and oxygen atoms in total. The highest BCUT2D eigenvalue weighted by Gasteiger charge is 2.27. The van der Waals surface area contributed by atoms with Gasteiger partial charge in [-0.15, -0.1) is 0 Å². The van der Waals surface area contributed by atoms with Gasteiger partial charge in [0.2, 0.25) is 0 Å². The van der Waals surface area contributed by atoms with Gasteiger partial charge in [0, 0.05) is 19.2 Å². The Kier molecular flexibility index (Phi) is 5.90. The van der Waals surface area contributed by atoms with Gasteiger partial charge in [-0.05, 0) is 50.1 Å². The Morgan fingerprint density at radius 2 is 2.00 bits per heavy atom. The minimum atomic E-state index is 0.131. The van der Waals surface area contributed by atoms with Gasteiger partial charge in [-0.25, -0.2) is 0 Å². The van der Waals surface area contributed by atoms with E-state index in [1.54, 1.807) is 0 Å². The fourth-order valence-corrected chi connectivity index (χ4v) is 2.79. The minimum absolute atomic E-state index is 0.131. The molecule has 0 aromatic carbocycles. The van der Waals surface area contributed by atoms with Crippen molar-refractivity contribution in [1.82, 2.24) is 4.90 Å². The van der Waals surface area contributed by atoms with Crippen molar-refractivity contribution in [3.8, 4) is 0 Å². The summed E-state index contributed by atoms with van der Waals surface area (Å²) >= 11 is 0. The Hall–Kier alpha value is -0.120. The van der Waals surface area contributed by atoms with Crippen LogP contribution in [0.5, 0.6) is 0 Å². The lowest BCUT2D eigenvalue weighted by atomic mass is 9.77. The number of rotatable bonds is 4. The molecule has 0 bridgehead atoms. The summed E-state index contributed by atoms with van der Waals surface area (Å²) in [5.41, 5.74) is 6.42. The molecule has 1 aliphatic heterocycles. The Balaban J connectivity index is 2.37. The average Bonchev–Trinajstić information content (AvgIpc) is 2.42. The first-order valence-electron chi connectivity index (χ1n) is 7.02. The van der Waals surface area contributed by atoms with Gasteiger partial charge in [0.15, 0.2) is 0 Å². The monoisotopic (exact) mass is 242 g/mol. The number of aliphatic hydroxyl groups is 1. The summed E-state index contributed by atoms with van der Waals surface area (Å²) in [5, 5.41) is 8.87. The van der Waals surface area contributed by atoms with E-state index in [0.29, 0.717) is 5.41 Å². The second-order valence-electron chi connectivity index (χ2n) is 6.57. The third kappa shape index (κ3) is 5.36. The van der Waals surface area contributed by atoms with Gasteiger partial charge in [-0.2, -0.15) is 0 Å². The highest BCUT2D eigenvalue weighted by molar-refractivity contribution is 4.80. The van der Waals surface area contributed by atoms with E-state index in [-0.39, 0.29) is 12.6 Å². The Morgan fingerprint density at radius 3 is 2.59 bits per heavy atom. The molecule has 2 unspecified atom stereocenters. The van der Waals surface area contributed by atoms with E-state index >= 15 is 0 Å². The molecule has 0 amide bonds. The number of hydrogen-bond donors (Lipinski definition) is 2. The molecule has 0 radical (unpaired) electrons. The first-order chi connectivity index (χ1) is 7.93. The largest absolute Gasteiger partial charge is 0.396 e. The van der Waals surface area contributed by atoms with Gasteiger partial charge in [-0.3, -0.25) is 0 Å². The third-order valence-electron chi connectivity index (χ3n) is 4.04. The molecule has 102 valence electrons. The second-order valence-corrected chi connectivity index (χ2v) is 6.57. The van der Waals surface area contributed by atoms with Crippen molar-refractivity contribution in [3.63, 3.8) is 0 Å². The molecule has 0 spiro atoms. The third-order valence-corrected chi connectivity index (χ3v) is 4.04. The predicted molar refractivity (Wildman–Crippen MR) is 72.9 cm³/mol. The smallest absolute Gasteiger partial charge is 0.0446 e. The lowest BCUT2D eigenvalue weighted by Gasteiger charge is -2.30. The van der Waals surface area contributed by atoms with Crippen molar-refractivity contribution < 1.29 is 5.11 Å². The molecule has 0 aromatic heterocycles. The number of nitrogens with two attached hydrogens (primary N) is 1. The Morgan fingerprint density at radius 1 is 1.29 bits per heavy atom. The van der Waals surface area contributed by atoms with Crippen molar-refractivity contribution in [2.75, 3.05) is 26.2 Å². The molecular weight excluding hydrogens is 212 g/mol. The van der Waals surface area contributed by atoms with Crippen LogP contribution >= 0.6 is 0 Å². The molecule has 1 heterocycles. The van der Waals surface area contributed by atoms with Gasteiger partial charge in [0.25, 0.3) is 0 Å². The molecule has 0 saturated carbocycles. The molecule has 1 fully saturated rings. The normalized spacial score (nSPS) is 25.6. The summed E-state index contributed by atoms with van der Waals surface area (Å²) in [4.78, 5) is 2.48. The average molecular weight is 242 g/mol. The molecule has 3 heteroatoms. The van der Waals surface area contributed by atoms with E-state index in [4.69, 9.17) is 10.8 Å². The highest BCUT2D eigenvalue weighted by Crippen LogP contribution is 2.34. The van der Waals surface area contributed by atoms with E-state index in [2.05, 4.69) is 25.7 Å². The van der Waals surface area contributed by atoms with E-state index in [1.807, 2.05) is 0 Å². The summed E-state index contributed by atoms with van der Waals surface area (Å²) < 4.78 is 0. The summed E-state index contributed by atoms with van der Waals surface area (Å²) in [6, 6.07) is 0.131. The number of likely N-dealkylation sites (tertiary alicyclic amines) is 1. The van der Waals surface area contributed by atoms with Gasteiger partial charge in [0.05, 0.1) is 0 Å². The lowest BCUT2D eigenvalue weighted by Crippen LogP contribution is -2.38. The van der Waals surface area contributed by atoms with Crippen LogP contribution in [0.1, 0.15) is 46.5 Å².